The van der Waals surface area contributed by atoms with Crippen LogP contribution in [0.5, 0.6) is 0 Å². The maximum Gasteiger partial charge on any atom is 0.185 e. The molecule has 0 amide bonds. The molecule has 0 N–H and O–H groups in total. The van der Waals surface area contributed by atoms with Crippen LogP contribution in [0.3, 0.4) is 0 Å². The first-order chi connectivity index (χ1) is 12.0. The molecule has 0 spiro atoms. The van der Waals surface area contributed by atoms with Gasteiger partial charge in [-0.15, -0.1) is 0 Å². The molecular weight excluding hydrogens is 351 g/mol. The standard InChI is InChI=1S/C22H20Cl2O/c1-2-15-11-18(13-16-3-7-20(23)8-4-16)22(25)19(12-15)14-17-5-9-21(24)10-6-17/h3-10,13-15H,2,11-12H2,1H3/b18-13-,19-14+. The molecule has 0 bridgehead atoms. The fraction of sp³-hybridized carbons (Fsp3) is 0.227. The molecule has 3 heteroatoms. The second-order valence-electron chi connectivity index (χ2n) is 6.45. The summed E-state index contributed by atoms with van der Waals surface area (Å²) in [5.41, 5.74) is 3.77. The summed E-state index contributed by atoms with van der Waals surface area (Å²) in [6.45, 7) is 2.18. The van der Waals surface area contributed by atoms with Crippen molar-refractivity contribution in [2.24, 2.45) is 5.92 Å². The summed E-state index contributed by atoms with van der Waals surface area (Å²) >= 11 is 11.9. The van der Waals surface area contributed by atoms with Gasteiger partial charge in [0.15, 0.2) is 5.78 Å². The molecule has 128 valence electrons. The largest absolute Gasteiger partial charge is 0.289 e. The molecule has 0 aromatic heterocycles. The highest BCUT2D eigenvalue weighted by molar-refractivity contribution is 6.30. The van der Waals surface area contributed by atoms with E-state index in [9.17, 15) is 4.79 Å². The van der Waals surface area contributed by atoms with E-state index >= 15 is 0 Å². The van der Waals surface area contributed by atoms with Gasteiger partial charge in [0.05, 0.1) is 0 Å². The van der Waals surface area contributed by atoms with E-state index in [1.54, 1.807) is 0 Å². The van der Waals surface area contributed by atoms with E-state index in [1.165, 1.54) is 0 Å². The van der Waals surface area contributed by atoms with Crippen LogP contribution >= 0.6 is 23.2 Å². The number of allylic oxidation sites excluding steroid dienone is 2. The van der Waals surface area contributed by atoms with Gasteiger partial charge in [0.2, 0.25) is 0 Å². The van der Waals surface area contributed by atoms with Crippen molar-refractivity contribution in [3.05, 3.63) is 80.8 Å². The number of hydrogen-bond acceptors (Lipinski definition) is 1. The van der Waals surface area contributed by atoms with Gasteiger partial charge in [0, 0.05) is 21.2 Å². The summed E-state index contributed by atoms with van der Waals surface area (Å²) in [4.78, 5) is 12.9. The van der Waals surface area contributed by atoms with E-state index < -0.39 is 0 Å². The van der Waals surface area contributed by atoms with Crippen molar-refractivity contribution in [3.63, 3.8) is 0 Å². The van der Waals surface area contributed by atoms with Crippen molar-refractivity contribution in [2.45, 2.75) is 26.2 Å². The van der Waals surface area contributed by atoms with Gasteiger partial charge in [0.1, 0.15) is 0 Å². The fourth-order valence-corrected chi connectivity index (χ4v) is 3.40. The Bertz CT molecular complexity index is 747. The third-order valence-electron chi connectivity index (χ3n) is 4.60. The summed E-state index contributed by atoms with van der Waals surface area (Å²) in [6.07, 6.45) is 6.71. The molecule has 0 aliphatic heterocycles. The lowest BCUT2D eigenvalue weighted by Gasteiger charge is -2.24. The third kappa shape index (κ3) is 4.62. The van der Waals surface area contributed by atoms with Gasteiger partial charge in [-0.1, -0.05) is 60.8 Å². The van der Waals surface area contributed by atoms with E-state index in [1.807, 2.05) is 60.7 Å². The van der Waals surface area contributed by atoms with Crippen LogP contribution in [0.15, 0.2) is 59.7 Å². The molecule has 1 unspecified atom stereocenters. The number of Topliss-reactive ketones (excluding diaryl/α,β-unsaturated/α-hetero) is 1. The number of ketones is 1. The lowest BCUT2D eigenvalue weighted by Crippen LogP contribution is -2.19. The van der Waals surface area contributed by atoms with Crippen LogP contribution < -0.4 is 0 Å². The van der Waals surface area contributed by atoms with Gasteiger partial charge in [-0.05, 0) is 66.3 Å². The first kappa shape index (κ1) is 18.0. The maximum absolute atomic E-state index is 12.9. The Morgan fingerprint density at radius 1 is 0.840 bits per heavy atom. The second kappa shape index (κ2) is 8.03. The fourth-order valence-electron chi connectivity index (χ4n) is 3.14. The molecule has 0 saturated heterocycles. The van der Waals surface area contributed by atoms with Gasteiger partial charge >= 0.3 is 0 Å². The molecule has 2 aromatic carbocycles. The Balaban J connectivity index is 1.93. The third-order valence-corrected chi connectivity index (χ3v) is 5.10. The summed E-state index contributed by atoms with van der Waals surface area (Å²) < 4.78 is 0. The summed E-state index contributed by atoms with van der Waals surface area (Å²) in [5.74, 6) is 0.643. The molecule has 3 rings (SSSR count). The maximum atomic E-state index is 12.9. The second-order valence-corrected chi connectivity index (χ2v) is 7.33. The van der Waals surface area contributed by atoms with Crippen LogP contribution in [0.25, 0.3) is 12.2 Å². The molecule has 1 saturated carbocycles. The smallest absolute Gasteiger partial charge is 0.185 e. The van der Waals surface area contributed by atoms with Gasteiger partial charge < -0.3 is 0 Å². The molecule has 0 heterocycles. The predicted molar refractivity (Wildman–Crippen MR) is 107 cm³/mol. The highest BCUT2D eigenvalue weighted by Gasteiger charge is 2.26. The Labute approximate surface area is 159 Å². The lowest BCUT2D eigenvalue weighted by molar-refractivity contribution is -0.113. The molecular formula is C22H20Cl2O. The molecule has 2 aromatic rings. The average Bonchev–Trinajstić information content (AvgIpc) is 2.62. The van der Waals surface area contributed by atoms with Gasteiger partial charge in [0.25, 0.3) is 0 Å². The van der Waals surface area contributed by atoms with Crippen molar-refractivity contribution in [2.75, 3.05) is 0 Å². The van der Waals surface area contributed by atoms with Crippen molar-refractivity contribution < 1.29 is 4.79 Å². The number of rotatable bonds is 3. The van der Waals surface area contributed by atoms with Crippen molar-refractivity contribution in [1.29, 1.82) is 0 Å². The molecule has 1 aliphatic rings. The van der Waals surface area contributed by atoms with Crippen molar-refractivity contribution in [3.8, 4) is 0 Å². The quantitative estimate of drug-likeness (QED) is 0.539. The van der Waals surface area contributed by atoms with Crippen molar-refractivity contribution in [1.82, 2.24) is 0 Å². The molecule has 25 heavy (non-hydrogen) atoms. The number of hydrogen-bond donors (Lipinski definition) is 0. The zero-order valence-electron chi connectivity index (χ0n) is 14.1. The van der Waals surface area contributed by atoms with Gasteiger partial charge in [-0.3, -0.25) is 4.79 Å². The van der Waals surface area contributed by atoms with E-state index in [4.69, 9.17) is 23.2 Å². The van der Waals surface area contributed by atoms with E-state index in [-0.39, 0.29) is 5.78 Å². The van der Waals surface area contributed by atoms with E-state index in [0.717, 1.165) is 41.5 Å². The van der Waals surface area contributed by atoms with Crippen molar-refractivity contribution >= 4 is 41.1 Å². The molecule has 1 nitrogen and oxygen atoms in total. The molecule has 1 aliphatic carbocycles. The van der Waals surface area contributed by atoms with Gasteiger partial charge in [-0.2, -0.15) is 0 Å². The minimum absolute atomic E-state index is 0.148. The van der Waals surface area contributed by atoms with Crippen LogP contribution in [0, 0.1) is 5.92 Å². The molecule has 1 atom stereocenters. The van der Waals surface area contributed by atoms with Crippen LogP contribution in [0.1, 0.15) is 37.3 Å². The average molecular weight is 371 g/mol. The summed E-state index contributed by atoms with van der Waals surface area (Å²) in [6, 6.07) is 15.2. The van der Waals surface area contributed by atoms with Gasteiger partial charge in [-0.25, -0.2) is 0 Å². The van der Waals surface area contributed by atoms with Crippen LogP contribution in [-0.2, 0) is 4.79 Å². The predicted octanol–water partition coefficient (Wildman–Crippen LogP) is 6.85. The number of carbonyl (C=O) groups excluding carboxylic acids is 1. The summed E-state index contributed by atoms with van der Waals surface area (Å²) in [7, 11) is 0. The zero-order chi connectivity index (χ0) is 17.8. The van der Waals surface area contributed by atoms with E-state index in [2.05, 4.69) is 6.92 Å². The van der Waals surface area contributed by atoms with Crippen LogP contribution in [0.4, 0.5) is 0 Å². The minimum atomic E-state index is 0.148. The lowest BCUT2D eigenvalue weighted by atomic mass is 9.79. The zero-order valence-corrected chi connectivity index (χ0v) is 15.6. The molecule has 0 radical (unpaired) electrons. The normalized spacial score (nSPS) is 21.1. The van der Waals surface area contributed by atoms with E-state index in [0.29, 0.717) is 16.0 Å². The van der Waals surface area contributed by atoms with Crippen LogP contribution in [-0.4, -0.2) is 5.78 Å². The molecule has 1 fully saturated rings. The SMILES string of the molecule is CCC1C/C(=C/c2ccc(Cl)cc2)C(=O)/C(=C/c2ccc(Cl)cc2)C1. The minimum Gasteiger partial charge on any atom is -0.289 e. The van der Waals surface area contributed by atoms with Crippen LogP contribution in [0.2, 0.25) is 10.0 Å². The highest BCUT2D eigenvalue weighted by atomic mass is 35.5. The first-order valence-electron chi connectivity index (χ1n) is 8.52. The number of benzene rings is 2. The highest BCUT2D eigenvalue weighted by Crippen LogP contribution is 2.34. The topological polar surface area (TPSA) is 17.1 Å². The Hall–Kier alpha value is -1.83. The summed E-state index contributed by atoms with van der Waals surface area (Å²) in [5, 5.41) is 1.40. The first-order valence-corrected chi connectivity index (χ1v) is 9.27. The Kier molecular flexibility index (Phi) is 5.78. The monoisotopic (exact) mass is 370 g/mol. The Morgan fingerprint density at radius 3 is 1.60 bits per heavy atom. The number of carbonyl (C=O) groups is 1. The Morgan fingerprint density at radius 2 is 1.24 bits per heavy atom. The number of halogens is 2.